The van der Waals surface area contributed by atoms with E-state index in [1.54, 1.807) is 5.38 Å². The van der Waals surface area contributed by atoms with E-state index in [-0.39, 0.29) is 36.4 Å². The van der Waals surface area contributed by atoms with Crippen LogP contribution in [0.1, 0.15) is 41.0 Å². The van der Waals surface area contributed by atoms with Crippen LogP contribution in [0.2, 0.25) is 0 Å². The van der Waals surface area contributed by atoms with Gasteiger partial charge in [0.05, 0.1) is 24.7 Å². The van der Waals surface area contributed by atoms with Crippen LogP contribution in [0.15, 0.2) is 46.9 Å². The number of guanidine groups is 1. The maximum atomic E-state index is 13.4. The van der Waals surface area contributed by atoms with Crippen LogP contribution in [0.3, 0.4) is 0 Å². The molecule has 2 aliphatic heterocycles. The summed E-state index contributed by atoms with van der Waals surface area (Å²) in [5, 5.41) is 7.90. The summed E-state index contributed by atoms with van der Waals surface area (Å²) in [5.74, 6) is -1.01. The standard InChI is InChI=1S/C25H31N7O4S/c26-25(27)29-10-4-7-16(22(35)24-28-11-12-37-24)31-23(36)18-9-8-17-21(30-14-20(34)32(17)18)19(33)13-15-5-2-1-3-6-15/h1-3,5-6,11-12,16-18,21,30H,4,7-10,13-14H2,(H,31,36)(H4,26,27,29). The van der Waals surface area contributed by atoms with Gasteiger partial charge in [0.25, 0.3) is 0 Å². The molecule has 0 bridgehead atoms. The first-order valence-electron chi connectivity index (χ1n) is 12.3. The van der Waals surface area contributed by atoms with Crippen LogP contribution in [0.25, 0.3) is 0 Å². The van der Waals surface area contributed by atoms with E-state index in [1.165, 1.54) is 22.4 Å². The Labute approximate surface area is 218 Å². The SMILES string of the molecule is NC(N)=NCCCC(NC(=O)C1CCC2C(C(=O)Cc3ccccc3)NCC(=O)N12)C(=O)c1nccs1. The molecule has 4 atom stereocenters. The van der Waals surface area contributed by atoms with Gasteiger partial charge in [0, 0.05) is 24.5 Å². The Morgan fingerprint density at radius 1 is 1.22 bits per heavy atom. The van der Waals surface area contributed by atoms with Gasteiger partial charge in [-0.3, -0.25) is 29.5 Å². The van der Waals surface area contributed by atoms with E-state index < -0.39 is 30.1 Å². The number of hydrogen-bond acceptors (Lipinski definition) is 8. The summed E-state index contributed by atoms with van der Waals surface area (Å²) in [5.41, 5.74) is 11.7. The van der Waals surface area contributed by atoms with Crippen molar-refractivity contribution in [2.75, 3.05) is 13.1 Å². The van der Waals surface area contributed by atoms with E-state index in [1.807, 2.05) is 30.3 Å². The van der Waals surface area contributed by atoms with Crippen LogP contribution in [-0.2, 0) is 20.8 Å². The van der Waals surface area contributed by atoms with Crippen LogP contribution >= 0.6 is 11.3 Å². The van der Waals surface area contributed by atoms with E-state index in [2.05, 4.69) is 20.6 Å². The van der Waals surface area contributed by atoms with E-state index in [0.717, 1.165) is 5.56 Å². The number of ketones is 2. The minimum atomic E-state index is -0.833. The molecule has 12 heteroatoms. The first-order chi connectivity index (χ1) is 17.8. The molecule has 4 unspecified atom stereocenters. The molecule has 0 aliphatic carbocycles. The molecule has 6 N–H and O–H groups in total. The number of hydrogen-bond donors (Lipinski definition) is 4. The van der Waals surface area contributed by atoms with Crippen molar-refractivity contribution in [3.8, 4) is 0 Å². The topological polar surface area (TPSA) is 173 Å². The normalized spacial score (nSPS) is 21.7. The summed E-state index contributed by atoms with van der Waals surface area (Å²) in [4.78, 5) is 62.0. The van der Waals surface area contributed by atoms with E-state index in [0.29, 0.717) is 37.2 Å². The fraction of sp³-hybridized carbons (Fsp3) is 0.440. The van der Waals surface area contributed by atoms with Gasteiger partial charge in [-0.15, -0.1) is 11.3 Å². The maximum Gasteiger partial charge on any atom is 0.243 e. The third kappa shape index (κ3) is 6.38. The molecule has 37 heavy (non-hydrogen) atoms. The zero-order valence-electron chi connectivity index (χ0n) is 20.3. The minimum absolute atomic E-state index is 0.0219. The van der Waals surface area contributed by atoms with Gasteiger partial charge in [0.2, 0.25) is 17.6 Å². The predicted molar refractivity (Wildman–Crippen MR) is 139 cm³/mol. The molecule has 1 aromatic carbocycles. The second kappa shape index (κ2) is 12.1. The van der Waals surface area contributed by atoms with E-state index >= 15 is 0 Å². The summed E-state index contributed by atoms with van der Waals surface area (Å²) in [6.45, 7) is 0.290. The van der Waals surface area contributed by atoms with Crippen molar-refractivity contribution >= 4 is 40.7 Å². The molecule has 3 heterocycles. The van der Waals surface area contributed by atoms with E-state index in [9.17, 15) is 19.2 Å². The fourth-order valence-corrected chi connectivity index (χ4v) is 5.61. The highest BCUT2D eigenvalue weighted by atomic mass is 32.1. The molecule has 0 spiro atoms. The number of Topliss-reactive ketones (excluding diaryl/α,β-unsaturated/α-hetero) is 2. The molecule has 0 saturated carbocycles. The molecule has 0 radical (unpaired) electrons. The molecule has 2 saturated heterocycles. The number of carbonyl (C=O) groups excluding carboxylic acids is 4. The van der Waals surface area contributed by atoms with Gasteiger partial charge < -0.3 is 21.7 Å². The number of nitrogens with zero attached hydrogens (tertiary/aromatic N) is 3. The highest BCUT2D eigenvalue weighted by Crippen LogP contribution is 2.30. The highest BCUT2D eigenvalue weighted by Gasteiger charge is 2.48. The third-order valence-corrected chi connectivity index (χ3v) is 7.45. The van der Waals surface area contributed by atoms with Crippen molar-refractivity contribution in [1.29, 1.82) is 0 Å². The van der Waals surface area contributed by atoms with Gasteiger partial charge in [-0.05, 0) is 31.2 Å². The van der Waals surface area contributed by atoms with Crippen molar-refractivity contribution in [3.05, 3.63) is 52.5 Å². The first-order valence-corrected chi connectivity index (χ1v) is 13.1. The van der Waals surface area contributed by atoms with Crippen LogP contribution in [0, 0.1) is 0 Å². The van der Waals surface area contributed by atoms with Crippen molar-refractivity contribution in [2.45, 2.75) is 56.3 Å². The number of carbonyl (C=O) groups is 4. The first kappa shape index (κ1) is 26.4. The molecule has 2 fully saturated rings. The average molecular weight is 526 g/mol. The zero-order chi connectivity index (χ0) is 26.4. The number of fused-ring (bicyclic) bond motifs is 1. The molecule has 2 aliphatic rings. The number of nitrogens with two attached hydrogens (primary N) is 2. The highest BCUT2D eigenvalue weighted by molar-refractivity contribution is 7.11. The summed E-state index contributed by atoms with van der Waals surface area (Å²) < 4.78 is 0. The molecule has 11 nitrogen and oxygen atoms in total. The number of benzene rings is 1. The number of piperazine rings is 1. The molecule has 2 amide bonds. The molecule has 4 rings (SSSR count). The Hall–Kier alpha value is -3.64. The zero-order valence-corrected chi connectivity index (χ0v) is 21.2. The van der Waals surface area contributed by atoms with Crippen LogP contribution in [0.5, 0.6) is 0 Å². The lowest BCUT2D eigenvalue weighted by atomic mass is 9.95. The van der Waals surface area contributed by atoms with Gasteiger partial charge >= 0.3 is 0 Å². The van der Waals surface area contributed by atoms with Crippen LogP contribution in [-0.4, -0.2) is 76.5 Å². The Bertz CT molecular complexity index is 1150. The lowest BCUT2D eigenvalue weighted by Gasteiger charge is -2.39. The Morgan fingerprint density at radius 3 is 2.70 bits per heavy atom. The summed E-state index contributed by atoms with van der Waals surface area (Å²) in [6, 6.07) is 6.87. The van der Waals surface area contributed by atoms with E-state index in [4.69, 9.17) is 11.5 Å². The van der Waals surface area contributed by atoms with Gasteiger partial charge in [0.1, 0.15) is 6.04 Å². The number of rotatable bonds is 11. The molecule has 196 valence electrons. The van der Waals surface area contributed by atoms with Gasteiger partial charge in [0.15, 0.2) is 16.8 Å². The number of nitrogens with one attached hydrogen (secondary N) is 2. The monoisotopic (exact) mass is 525 g/mol. The third-order valence-electron chi connectivity index (χ3n) is 6.67. The Balaban J connectivity index is 1.44. The smallest absolute Gasteiger partial charge is 0.243 e. The Kier molecular flexibility index (Phi) is 8.62. The number of aliphatic imine (C=N–C) groups is 1. The molecular weight excluding hydrogens is 494 g/mol. The fourth-order valence-electron chi connectivity index (χ4n) is 4.98. The number of amides is 2. The minimum Gasteiger partial charge on any atom is -0.370 e. The number of aromatic nitrogens is 1. The van der Waals surface area contributed by atoms with Gasteiger partial charge in [-0.25, -0.2) is 4.98 Å². The second-order valence-corrected chi connectivity index (χ2v) is 10.1. The summed E-state index contributed by atoms with van der Waals surface area (Å²) in [6.07, 6.45) is 3.47. The maximum absolute atomic E-state index is 13.4. The second-order valence-electron chi connectivity index (χ2n) is 9.16. The quantitative estimate of drug-likeness (QED) is 0.137. The van der Waals surface area contributed by atoms with Gasteiger partial charge in [-0.2, -0.15) is 0 Å². The molecule has 1 aromatic heterocycles. The lowest BCUT2D eigenvalue weighted by Crippen LogP contribution is -2.64. The van der Waals surface area contributed by atoms with Crippen molar-refractivity contribution in [2.24, 2.45) is 16.5 Å². The van der Waals surface area contributed by atoms with Gasteiger partial charge in [-0.1, -0.05) is 30.3 Å². The van der Waals surface area contributed by atoms with Crippen LogP contribution < -0.4 is 22.1 Å². The number of thiazole rings is 1. The average Bonchev–Trinajstić information content (AvgIpc) is 3.57. The summed E-state index contributed by atoms with van der Waals surface area (Å²) >= 11 is 1.20. The molecule has 2 aromatic rings. The van der Waals surface area contributed by atoms with Crippen molar-refractivity contribution < 1.29 is 19.2 Å². The van der Waals surface area contributed by atoms with Crippen LogP contribution in [0.4, 0.5) is 0 Å². The largest absolute Gasteiger partial charge is 0.370 e. The summed E-state index contributed by atoms with van der Waals surface area (Å²) in [7, 11) is 0. The Morgan fingerprint density at radius 2 is 2.00 bits per heavy atom. The molecular formula is C25H31N7O4S. The lowest BCUT2D eigenvalue weighted by molar-refractivity contribution is -0.144. The predicted octanol–water partition coefficient (Wildman–Crippen LogP) is 0.00740. The van der Waals surface area contributed by atoms with Crippen molar-refractivity contribution in [3.63, 3.8) is 0 Å². The van der Waals surface area contributed by atoms with Crippen molar-refractivity contribution in [1.82, 2.24) is 20.5 Å².